The first-order chi connectivity index (χ1) is 9.61. The molecule has 2 rings (SSSR count). The van der Waals surface area contributed by atoms with E-state index in [1.165, 1.54) is 30.3 Å². The quantitative estimate of drug-likeness (QED) is 0.804. The van der Waals surface area contributed by atoms with Gasteiger partial charge in [0, 0.05) is 5.56 Å². The summed E-state index contributed by atoms with van der Waals surface area (Å²) in [5.74, 6) is -2.73. The summed E-state index contributed by atoms with van der Waals surface area (Å²) in [5.41, 5.74) is 0.725. The lowest BCUT2D eigenvalue weighted by atomic mass is 10.1. The van der Waals surface area contributed by atoms with E-state index in [2.05, 4.69) is 0 Å². The molecule has 20 heavy (non-hydrogen) atoms. The number of ketones is 1. The van der Waals surface area contributed by atoms with Gasteiger partial charge in [-0.3, -0.25) is 4.79 Å². The highest BCUT2D eigenvalue weighted by Gasteiger charge is 2.13. The number of hydrogen-bond acceptors (Lipinski definition) is 3. The zero-order valence-corrected chi connectivity index (χ0v) is 10.3. The van der Waals surface area contributed by atoms with Crippen molar-refractivity contribution in [2.75, 3.05) is 6.61 Å². The SMILES string of the molecule is N#Cc1ccc(C(=O)COc2c(F)cccc2F)cc1. The van der Waals surface area contributed by atoms with Crippen LogP contribution in [0.4, 0.5) is 8.78 Å². The molecule has 0 heterocycles. The van der Waals surface area contributed by atoms with E-state index in [0.717, 1.165) is 12.1 Å². The molecule has 0 aromatic heterocycles. The first-order valence-corrected chi connectivity index (χ1v) is 5.72. The van der Waals surface area contributed by atoms with E-state index < -0.39 is 29.8 Å². The molecule has 0 atom stereocenters. The molecular formula is C15H9F2NO2. The fourth-order valence-corrected chi connectivity index (χ4v) is 1.57. The predicted octanol–water partition coefficient (Wildman–Crippen LogP) is 3.10. The minimum absolute atomic E-state index is 0.306. The van der Waals surface area contributed by atoms with Crippen molar-refractivity contribution in [2.24, 2.45) is 0 Å². The third-order valence-electron chi connectivity index (χ3n) is 2.60. The lowest BCUT2D eigenvalue weighted by molar-refractivity contribution is 0.0915. The van der Waals surface area contributed by atoms with Crippen molar-refractivity contribution in [3.05, 3.63) is 65.2 Å². The van der Waals surface area contributed by atoms with E-state index in [-0.39, 0.29) is 0 Å². The molecule has 0 radical (unpaired) electrons. The van der Waals surface area contributed by atoms with Crippen LogP contribution < -0.4 is 4.74 Å². The molecule has 0 N–H and O–H groups in total. The summed E-state index contributed by atoms with van der Waals surface area (Å²) in [4.78, 5) is 11.8. The zero-order valence-electron chi connectivity index (χ0n) is 10.3. The van der Waals surface area contributed by atoms with Crippen molar-refractivity contribution in [1.82, 2.24) is 0 Å². The number of carbonyl (C=O) groups excluding carboxylic acids is 1. The van der Waals surface area contributed by atoms with Crippen molar-refractivity contribution in [2.45, 2.75) is 0 Å². The van der Waals surface area contributed by atoms with Gasteiger partial charge in [0.05, 0.1) is 11.6 Å². The molecule has 0 saturated heterocycles. The maximum Gasteiger partial charge on any atom is 0.200 e. The molecule has 0 bridgehead atoms. The number of rotatable bonds is 4. The van der Waals surface area contributed by atoms with Gasteiger partial charge in [0.15, 0.2) is 29.8 Å². The normalized spacial score (nSPS) is 9.85. The first-order valence-electron chi connectivity index (χ1n) is 5.72. The van der Waals surface area contributed by atoms with Crippen LogP contribution in [-0.4, -0.2) is 12.4 Å². The molecular weight excluding hydrogens is 264 g/mol. The van der Waals surface area contributed by atoms with Crippen LogP contribution in [0, 0.1) is 23.0 Å². The molecule has 0 aliphatic heterocycles. The number of nitrogens with zero attached hydrogens (tertiary/aromatic N) is 1. The summed E-state index contributed by atoms with van der Waals surface area (Å²) in [6, 6.07) is 11.1. The Morgan fingerprint density at radius 2 is 1.70 bits per heavy atom. The summed E-state index contributed by atoms with van der Waals surface area (Å²) >= 11 is 0. The monoisotopic (exact) mass is 273 g/mol. The number of benzene rings is 2. The van der Waals surface area contributed by atoms with Crippen LogP contribution in [0.15, 0.2) is 42.5 Å². The molecule has 0 aliphatic rings. The second-order valence-electron chi connectivity index (χ2n) is 3.95. The van der Waals surface area contributed by atoms with Gasteiger partial charge in [-0.1, -0.05) is 6.07 Å². The molecule has 3 nitrogen and oxygen atoms in total. The van der Waals surface area contributed by atoms with Gasteiger partial charge in [-0.15, -0.1) is 0 Å². The van der Waals surface area contributed by atoms with Gasteiger partial charge in [-0.05, 0) is 36.4 Å². The Balaban J connectivity index is 2.07. The molecule has 0 saturated carbocycles. The van der Waals surface area contributed by atoms with Crippen LogP contribution in [-0.2, 0) is 0 Å². The number of carbonyl (C=O) groups is 1. The maximum absolute atomic E-state index is 13.3. The van der Waals surface area contributed by atoms with E-state index in [0.29, 0.717) is 11.1 Å². The number of hydrogen-bond donors (Lipinski definition) is 0. The first kappa shape index (κ1) is 13.7. The van der Waals surface area contributed by atoms with Crippen LogP contribution in [0.3, 0.4) is 0 Å². The Morgan fingerprint density at radius 3 is 2.25 bits per heavy atom. The summed E-state index contributed by atoms with van der Waals surface area (Å²) in [6.07, 6.45) is 0. The molecule has 2 aromatic rings. The van der Waals surface area contributed by atoms with E-state index >= 15 is 0 Å². The third-order valence-corrected chi connectivity index (χ3v) is 2.60. The second-order valence-corrected chi connectivity index (χ2v) is 3.95. The Bertz CT molecular complexity index is 655. The molecule has 0 fully saturated rings. The van der Waals surface area contributed by atoms with Crippen LogP contribution in [0.25, 0.3) is 0 Å². The lowest BCUT2D eigenvalue weighted by Crippen LogP contribution is -2.13. The van der Waals surface area contributed by atoms with Crippen molar-refractivity contribution in [3.63, 3.8) is 0 Å². The standard InChI is InChI=1S/C15H9F2NO2/c16-12-2-1-3-13(17)15(12)20-9-14(19)11-6-4-10(8-18)5-7-11/h1-7H,9H2. The van der Waals surface area contributed by atoms with Crippen molar-refractivity contribution in [1.29, 1.82) is 5.26 Å². The second kappa shape index (κ2) is 5.93. The van der Waals surface area contributed by atoms with Crippen molar-refractivity contribution in [3.8, 4) is 11.8 Å². The predicted molar refractivity (Wildman–Crippen MR) is 67.3 cm³/mol. The Morgan fingerprint density at radius 1 is 1.10 bits per heavy atom. The van der Waals surface area contributed by atoms with E-state index in [1.54, 1.807) is 0 Å². The van der Waals surface area contributed by atoms with Crippen LogP contribution in [0.5, 0.6) is 5.75 Å². The molecule has 5 heteroatoms. The van der Waals surface area contributed by atoms with Crippen molar-refractivity contribution >= 4 is 5.78 Å². The molecule has 2 aromatic carbocycles. The van der Waals surface area contributed by atoms with Crippen LogP contribution >= 0.6 is 0 Å². The average Bonchev–Trinajstić information content (AvgIpc) is 2.46. The number of nitriles is 1. The van der Waals surface area contributed by atoms with Gasteiger partial charge >= 0.3 is 0 Å². The summed E-state index contributed by atoms with van der Waals surface area (Å²) < 4.78 is 31.5. The van der Waals surface area contributed by atoms with Gasteiger partial charge in [0.1, 0.15) is 0 Å². The van der Waals surface area contributed by atoms with Gasteiger partial charge in [-0.2, -0.15) is 5.26 Å². The minimum Gasteiger partial charge on any atom is -0.479 e. The van der Waals surface area contributed by atoms with E-state index in [1.807, 2.05) is 6.07 Å². The number of para-hydroxylation sites is 1. The van der Waals surface area contributed by atoms with Gasteiger partial charge in [-0.25, -0.2) is 8.78 Å². The number of Topliss-reactive ketones (excluding diaryl/α,β-unsaturated/α-hetero) is 1. The van der Waals surface area contributed by atoms with Gasteiger partial charge < -0.3 is 4.74 Å². The Hall–Kier alpha value is -2.74. The van der Waals surface area contributed by atoms with Crippen LogP contribution in [0.2, 0.25) is 0 Å². The molecule has 0 aliphatic carbocycles. The number of ether oxygens (including phenoxy) is 1. The third kappa shape index (κ3) is 2.98. The fourth-order valence-electron chi connectivity index (χ4n) is 1.57. The van der Waals surface area contributed by atoms with Crippen molar-refractivity contribution < 1.29 is 18.3 Å². The lowest BCUT2D eigenvalue weighted by Gasteiger charge is -2.07. The van der Waals surface area contributed by atoms with Crippen LogP contribution in [0.1, 0.15) is 15.9 Å². The molecule has 100 valence electrons. The highest BCUT2D eigenvalue weighted by atomic mass is 19.1. The largest absolute Gasteiger partial charge is 0.479 e. The summed E-state index contributed by atoms with van der Waals surface area (Å²) in [5, 5.41) is 8.64. The molecule has 0 spiro atoms. The maximum atomic E-state index is 13.3. The average molecular weight is 273 g/mol. The number of halogens is 2. The summed E-state index contributed by atoms with van der Waals surface area (Å²) in [6.45, 7) is -0.482. The summed E-state index contributed by atoms with van der Waals surface area (Å²) in [7, 11) is 0. The smallest absolute Gasteiger partial charge is 0.200 e. The highest BCUT2D eigenvalue weighted by molar-refractivity contribution is 5.97. The minimum atomic E-state index is -0.863. The molecule has 0 amide bonds. The highest BCUT2D eigenvalue weighted by Crippen LogP contribution is 2.21. The van der Waals surface area contributed by atoms with E-state index in [9.17, 15) is 13.6 Å². The topological polar surface area (TPSA) is 50.1 Å². The van der Waals surface area contributed by atoms with E-state index in [4.69, 9.17) is 10.00 Å². The zero-order chi connectivity index (χ0) is 14.5. The van der Waals surface area contributed by atoms with Gasteiger partial charge in [0.2, 0.25) is 0 Å². The Labute approximate surface area is 114 Å². The molecule has 0 unspecified atom stereocenters. The van der Waals surface area contributed by atoms with Gasteiger partial charge in [0.25, 0.3) is 0 Å². The Kier molecular flexibility index (Phi) is 4.06. The fraction of sp³-hybridized carbons (Fsp3) is 0.0667.